The van der Waals surface area contributed by atoms with Crippen LogP contribution in [0, 0.1) is 0 Å². The van der Waals surface area contributed by atoms with Gasteiger partial charge in [0.25, 0.3) is 0 Å². The molecule has 0 radical (unpaired) electrons. The lowest BCUT2D eigenvalue weighted by atomic mass is 9.90. The van der Waals surface area contributed by atoms with Crippen molar-refractivity contribution < 1.29 is 13.2 Å². The molecule has 0 aromatic heterocycles. The Morgan fingerprint density at radius 3 is 2.52 bits per heavy atom. The van der Waals surface area contributed by atoms with Crippen molar-refractivity contribution in [2.75, 3.05) is 12.3 Å². The lowest BCUT2D eigenvalue weighted by Gasteiger charge is -2.38. The summed E-state index contributed by atoms with van der Waals surface area (Å²) in [6.45, 7) is 7.62. The molecule has 1 atom stereocenters. The Balaban J connectivity index is 2.27. The van der Waals surface area contributed by atoms with Crippen molar-refractivity contribution in [1.29, 1.82) is 0 Å². The highest BCUT2D eigenvalue weighted by Crippen LogP contribution is 2.33. The zero-order valence-corrected chi connectivity index (χ0v) is 15.3. The molecule has 0 N–H and O–H groups in total. The van der Waals surface area contributed by atoms with Gasteiger partial charge in [-0.2, -0.15) is 0 Å². The summed E-state index contributed by atoms with van der Waals surface area (Å²) in [5, 5.41) is 0. The van der Waals surface area contributed by atoms with Gasteiger partial charge >= 0.3 is 0 Å². The van der Waals surface area contributed by atoms with E-state index in [4.69, 9.17) is 0 Å². The molecule has 0 fully saturated rings. The third-order valence-electron chi connectivity index (χ3n) is 4.54. The molecule has 1 aromatic rings. The average Bonchev–Trinajstić information content (AvgIpc) is 2.46. The molecule has 1 heterocycles. The largest absolute Gasteiger partial charge is 0.334 e. The molecule has 2 rings (SSSR count). The van der Waals surface area contributed by atoms with Crippen molar-refractivity contribution in [3.8, 4) is 0 Å². The number of rotatable bonds is 4. The average molecular weight is 337 g/mol. The van der Waals surface area contributed by atoms with E-state index in [-0.39, 0.29) is 11.9 Å². The zero-order valence-electron chi connectivity index (χ0n) is 14.5. The molecule has 0 bridgehead atoms. The molecule has 0 saturated heterocycles. The molecule has 1 amide bonds. The minimum Gasteiger partial charge on any atom is -0.334 e. The maximum absolute atomic E-state index is 12.7. The minimum atomic E-state index is -3.45. The van der Waals surface area contributed by atoms with Crippen LogP contribution in [0.3, 0.4) is 0 Å². The Hall–Kier alpha value is -1.36. The zero-order chi connectivity index (χ0) is 17.3. The third kappa shape index (κ3) is 3.77. The first-order valence-corrected chi connectivity index (χ1v) is 9.92. The van der Waals surface area contributed by atoms with Crippen LogP contribution < -0.4 is 0 Å². The number of fused-ring (bicyclic) bond motifs is 1. The molecule has 1 aromatic carbocycles. The van der Waals surface area contributed by atoms with Gasteiger partial charge in [-0.05, 0) is 44.7 Å². The van der Waals surface area contributed by atoms with Crippen molar-refractivity contribution in [2.24, 2.45) is 0 Å². The second-order valence-electron chi connectivity index (χ2n) is 7.21. The number of hydrogen-bond donors (Lipinski definition) is 0. The quantitative estimate of drug-likeness (QED) is 0.848. The topological polar surface area (TPSA) is 54.5 Å². The molecule has 0 aliphatic carbocycles. The lowest BCUT2D eigenvalue weighted by molar-refractivity contribution is -0.131. The summed E-state index contributed by atoms with van der Waals surface area (Å²) < 4.78 is 23.8. The van der Waals surface area contributed by atoms with Gasteiger partial charge in [0.05, 0.1) is 10.8 Å². The van der Waals surface area contributed by atoms with Gasteiger partial charge < -0.3 is 4.90 Å². The predicted molar refractivity (Wildman–Crippen MR) is 93.0 cm³/mol. The number of benzene rings is 1. The monoisotopic (exact) mass is 337 g/mol. The van der Waals surface area contributed by atoms with Gasteiger partial charge in [0.1, 0.15) is 5.75 Å². The van der Waals surface area contributed by atoms with E-state index in [0.29, 0.717) is 6.54 Å². The predicted octanol–water partition coefficient (Wildman–Crippen LogP) is 3.13. The Kier molecular flexibility index (Phi) is 5.19. The molecule has 5 heteroatoms. The molecule has 4 nitrogen and oxygen atoms in total. The smallest absolute Gasteiger partial charge is 0.238 e. The highest BCUT2D eigenvalue weighted by atomic mass is 32.2. The third-order valence-corrected chi connectivity index (χ3v) is 7.03. The Labute approximate surface area is 139 Å². The fraction of sp³-hybridized carbons (Fsp3) is 0.611. The normalized spacial score (nSPS) is 18.6. The van der Waals surface area contributed by atoms with Crippen molar-refractivity contribution in [3.05, 3.63) is 35.4 Å². The van der Waals surface area contributed by atoms with Crippen LogP contribution in [0.4, 0.5) is 0 Å². The van der Waals surface area contributed by atoms with Crippen LogP contribution in [0.5, 0.6) is 0 Å². The lowest BCUT2D eigenvalue weighted by Crippen LogP contribution is -2.45. The summed E-state index contributed by atoms with van der Waals surface area (Å²) in [4.78, 5) is 14.5. The molecule has 1 aliphatic rings. The molecule has 23 heavy (non-hydrogen) atoms. The fourth-order valence-corrected chi connectivity index (χ4v) is 3.92. The van der Waals surface area contributed by atoms with E-state index in [1.807, 2.05) is 12.1 Å². The van der Waals surface area contributed by atoms with Crippen molar-refractivity contribution >= 4 is 15.7 Å². The number of hydrogen-bond acceptors (Lipinski definition) is 3. The van der Waals surface area contributed by atoms with Gasteiger partial charge in [0, 0.05) is 6.54 Å². The van der Waals surface area contributed by atoms with Gasteiger partial charge in [-0.3, -0.25) is 4.79 Å². The van der Waals surface area contributed by atoms with Crippen molar-refractivity contribution in [1.82, 2.24) is 4.90 Å². The first kappa shape index (κ1) is 18.0. The van der Waals surface area contributed by atoms with E-state index in [1.165, 1.54) is 11.1 Å². The van der Waals surface area contributed by atoms with Crippen molar-refractivity contribution in [3.63, 3.8) is 0 Å². The Morgan fingerprint density at radius 1 is 1.26 bits per heavy atom. The van der Waals surface area contributed by atoms with E-state index in [0.717, 1.165) is 19.3 Å². The summed E-state index contributed by atoms with van der Waals surface area (Å²) in [5.74, 6) is -0.674. The Bertz CT molecular complexity index is 674. The van der Waals surface area contributed by atoms with Crippen LogP contribution in [0.2, 0.25) is 0 Å². The van der Waals surface area contributed by atoms with Gasteiger partial charge in [-0.25, -0.2) is 8.42 Å². The first-order chi connectivity index (χ1) is 10.7. The van der Waals surface area contributed by atoms with E-state index in [2.05, 4.69) is 19.1 Å². The number of carbonyl (C=O) groups excluding carboxylic acids is 1. The molecular weight excluding hydrogens is 310 g/mol. The molecule has 0 spiro atoms. The highest BCUT2D eigenvalue weighted by molar-refractivity contribution is 7.93. The second-order valence-corrected chi connectivity index (χ2v) is 9.95. The highest BCUT2D eigenvalue weighted by Gasteiger charge is 2.36. The van der Waals surface area contributed by atoms with E-state index in [9.17, 15) is 13.2 Å². The van der Waals surface area contributed by atoms with E-state index in [1.54, 1.807) is 25.7 Å². The van der Waals surface area contributed by atoms with Gasteiger partial charge in [0.15, 0.2) is 9.84 Å². The summed E-state index contributed by atoms with van der Waals surface area (Å²) in [5.41, 5.74) is 2.44. The van der Waals surface area contributed by atoms with E-state index < -0.39 is 20.3 Å². The SMILES string of the molecule is CCCC1c2ccccc2CCN1C(=O)CS(=O)(=O)C(C)(C)C. The number of sulfone groups is 1. The summed E-state index contributed by atoms with van der Waals surface area (Å²) >= 11 is 0. The van der Waals surface area contributed by atoms with Crippen LogP contribution in [-0.4, -0.2) is 36.3 Å². The van der Waals surface area contributed by atoms with Crippen LogP contribution in [0.25, 0.3) is 0 Å². The molecule has 1 aliphatic heterocycles. The minimum absolute atomic E-state index is 0.00683. The fourth-order valence-electron chi connectivity index (χ4n) is 3.00. The molecule has 1 unspecified atom stereocenters. The number of nitrogens with zero attached hydrogens (tertiary/aromatic N) is 1. The summed E-state index contributed by atoms with van der Waals surface area (Å²) in [6, 6.07) is 8.16. The first-order valence-electron chi connectivity index (χ1n) is 8.27. The molecule has 0 saturated carbocycles. The molecular formula is C18H27NO3S. The van der Waals surface area contributed by atoms with Gasteiger partial charge in [0.2, 0.25) is 5.91 Å². The maximum atomic E-state index is 12.7. The van der Waals surface area contributed by atoms with Crippen LogP contribution in [0.1, 0.15) is 57.7 Å². The van der Waals surface area contributed by atoms with Gasteiger partial charge in [-0.15, -0.1) is 0 Å². The standard InChI is InChI=1S/C18H27NO3S/c1-5-8-16-15-10-7-6-9-14(15)11-12-19(16)17(20)13-23(21,22)18(2,3)4/h6-7,9-10,16H,5,8,11-13H2,1-4H3. The molecule has 128 valence electrons. The van der Waals surface area contributed by atoms with Crippen LogP contribution >= 0.6 is 0 Å². The van der Waals surface area contributed by atoms with Gasteiger partial charge in [-0.1, -0.05) is 37.6 Å². The van der Waals surface area contributed by atoms with Crippen LogP contribution in [0.15, 0.2) is 24.3 Å². The number of amides is 1. The van der Waals surface area contributed by atoms with Crippen LogP contribution in [-0.2, 0) is 21.1 Å². The summed E-state index contributed by atoms with van der Waals surface area (Å²) in [7, 11) is -3.45. The van der Waals surface area contributed by atoms with Crippen molar-refractivity contribution in [2.45, 2.75) is 57.7 Å². The second kappa shape index (κ2) is 6.63. The maximum Gasteiger partial charge on any atom is 0.238 e. The summed E-state index contributed by atoms with van der Waals surface area (Å²) in [6.07, 6.45) is 2.60. The van der Waals surface area contributed by atoms with E-state index >= 15 is 0 Å². The Morgan fingerprint density at radius 2 is 1.91 bits per heavy atom. The number of carbonyl (C=O) groups is 1.